The highest BCUT2D eigenvalue weighted by atomic mass is 16.2. The van der Waals surface area contributed by atoms with Crippen LogP contribution in [0.5, 0.6) is 0 Å². The Labute approximate surface area is 138 Å². The molecule has 1 unspecified atom stereocenters. The summed E-state index contributed by atoms with van der Waals surface area (Å²) in [5, 5.41) is 0. The average Bonchev–Trinajstić information content (AvgIpc) is 2.46. The molecule has 4 heteroatoms. The lowest BCUT2D eigenvalue weighted by Gasteiger charge is -2.50. The standard InChI is InChI=1S/C19H26N2O2/c1-18(2,3)17(23)20-10-15-13-8-6-7-9-14(13)19(4,5)12-21(15)16(22)11-20/h6-9,15H,10-12H2,1-5H3. The summed E-state index contributed by atoms with van der Waals surface area (Å²) in [5.74, 6) is 0.106. The van der Waals surface area contributed by atoms with E-state index in [0.717, 1.165) is 0 Å². The lowest BCUT2D eigenvalue weighted by atomic mass is 9.75. The molecule has 1 saturated heterocycles. The fraction of sp³-hybridized carbons (Fsp3) is 0.579. The van der Waals surface area contributed by atoms with Crippen molar-refractivity contribution in [2.24, 2.45) is 5.41 Å². The van der Waals surface area contributed by atoms with Crippen LogP contribution < -0.4 is 0 Å². The third-order valence-electron chi connectivity index (χ3n) is 4.96. The molecule has 0 N–H and O–H groups in total. The van der Waals surface area contributed by atoms with Crippen LogP contribution in [0, 0.1) is 5.41 Å². The van der Waals surface area contributed by atoms with Crippen molar-refractivity contribution in [1.29, 1.82) is 0 Å². The van der Waals surface area contributed by atoms with Gasteiger partial charge in [0.25, 0.3) is 0 Å². The third kappa shape index (κ3) is 2.64. The topological polar surface area (TPSA) is 40.6 Å². The van der Waals surface area contributed by atoms with Crippen molar-refractivity contribution in [2.45, 2.75) is 46.1 Å². The van der Waals surface area contributed by atoms with Gasteiger partial charge in [-0.1, -0.05) is 58.9 Å². The van der Waals surface area contributed by atoms with Crippen molar-refractivity contribution in [3.63, 3.8) is 0 Å². The Bertz CT molecular complexity index is 658. The van der Waals surface area contributed by atoms with Gasteiger partial charge in [0.1, 0.15) is 0 Å². The Morgan fingerprint density at radius 2 is 1.87 bits per heavy atom. The van der Waals surface area contributed by atoms with E-state index in [4.69, 9.17) is 0 Å². The first-order chi connectivity index (χ1) is 10.6. The van der Waals surface area contributed by atoms with E-state index in [1.165, 1.54) is 11.1 Å². The molecule has 0 saturated carbocycles. The first kappa shape index (κ1) is 16.0. The predicted octanol–water partition coefficient (Wildman–Crippen LogP) is 2.74. The van der Waals surface area contributed by atoms with Crippen molar-refractivity contribution < 1.29 is 9.59 Å². The number of rotatable bonds is 0. The number of piperazine rings is 1. The number of carbonyl (C=O) groups excluding carboxylic acids is 2. The van der Waals surface area contributed by atoms with Crippen LogP contribution in [0.3, 0.4) is 0 Å². The number of carbonyl (C=O) groups is 2. The fourth-order valence-electron chi connectivity index (χ4n) is 3.81. The molecule has 1 fully saturated rings. The molecular weight excluding hydrogens is 288 g/mol. The molecule has 1 aromatic rings. The van der Waals surface area contributed by atoms with Crippen molar-refractivity contribution in [2.75, 3.05) is 19.6 Å². The van der Waals surface area contributed by atoms with E-state index in [-0.39, 0.29) is 29.8 Å². The first-order valence-corrected chi connectivity index (χ1v) is 8.29. The van der Waals surface area contributed by atoms with Gasteiger partial charge in [-0.3, -0.25) is 9.59 Å². The molecule has 1 aromatic carbocycles. The zero-order chi connectivity index (χ0) is 17.0. The molecule has 2 aliphatic heterocycles. The summed E-state index contributed by atoms with van der Waals surface area (Å²) < 4.78 is 0. The van der Waals surface area contributed by atoms with Gasteiger partial charge in [-0.05, 0) is 11.1 Å². The second-order valence-corrected chi connectivity index (χ2v) is 8.44. The Morgan fingerprint density at radius 3 is 2.52 bits per heavy atom. The highest BCUT2D eigenvalue weighted by Gasteiger charge is 2.45. The molecule has 2 aliphatic rings. The summed E-state index contributed by atoms with van der Waals surface area (Å²) in [6.07, 6.45) is 0. The minimum Gasteiger partial charge on any atom is -0.331 e. The first-order valence-electron chi connectivity index (χ1n) is 8.29. The minimum atomic E-state index is -0.462. The molecule has 2 heterocycles. The summed E-state index contributed by atoms with van der Waals surface area (Å²) in [4.78, 5) is 29.0. The number of fused-ring (bicyclic) bond motifs is 3. The molecule has 1 atom stereocenters. The Balaban J connectivity index is 1.99. The maximum Gasteiger partial charge on any atom is 0.242 e. The lowest BCUT2D eigenvalue weighted by Crippen LogP contribution is -2.59. The largest absolute Gasteiger partial charge is 0.331 e. The average molecular weight is 314 g/mol. The minimum absolute atomic E-state index is 0.0215. The number of nitrogens with zero attached hydrogens (tertiary/aromatic N) is 2. The molecule has 0 aliphatic carbocycles. The van der Waals surface area contributed by atoms with Gasteiger partial charge in [0.2, 0.25) is 11.8 Å². The molecule has 2 amide bonds. The molecule has 4 nitrogen and oxygen atoms in total. The van der Waals surface area contributed by atoms with Gasteiger partial charge >= 0.3 is 0 Å². The number of hydrogen-bond acceptors (Lipinski definition) is 2. The predicted molar refractivity (Wildman–Crippen MR) is 90.0 cm³/mol. The number of amides is 2. The summed E-state index contributed by atoms with van der Waals surface area (Å²) in [7, 11) is 0. The van der Waals surface area contributed by atoms with Gasteiger partial charge in [-0.2, -0.15) is 0 Å². The van der Waals surface area contributed by atoms with Gasteiger partial charge in [0.05, 0.1) is 12.6 Å². The summed E-state index contributed by atoms with van der Waals surface area (Å²) in [6, 6.07) is 8.31. The molecule has 0 aromatic heterocycles. The van der Waals surface area contributed by atoms with Crippen LogP contribution in [-0.4, -0.2) is 41.2 Å². The van der Waals surface area contributed by atoms with E-state index in [1.807, 2.05) is 31.7 Å². The quantitative estimate of drug-likeness (QED) is 0.739. The van der Waals surface area contributed by atoms with E-state index >= 15 is 0 Å². The van der Waals surface area contributed by atoms with Crippen molar-refractivity contribution >= 4 is 11.8 Å². The van der Waals surface area contributed by atoms with Gasteiger partial charge in [-0.15, -0.1) is 0 Å². The second kappa shape index (κ2) is 5.08. The summed E-state index contributed by atoms with van der Waals surface area (Å²) in [6.45, 7) is 11.6. The van der Waals surface area contributed by atoms with Crippen LogP contribution in [0.4, 0.5) is 0 Å². The van der Waals surface area contributed by atoms with Crippen LogP contribution >= 0.6 is 0 Å². The maximum absolute atomic E-state index is 12.7. The third-order valence-corrected chi connectivity index (χ3v) is 4.96. The smallest absolute Gasteiger partial charge is 0.242 e. The number of benzene rings is 1. The van der Waals surface area contributed by atoms with E-state index in [0.29, 0.717) is 13.1 Å². The summed E-state index contributed by atoms with van der Waals surface area (Å²) in [5.41, 5.74) is 1.96. The molecule has 124 valence electrons. The maximum atomic E-state index is 12.7. The van der Waals surface area contributed by atoms with Crippen LogP contribution in [0.25, 0.3) is 0 Å². The van der Waals surface area contributed by atoms with Gasteiger partial charge in [-0.25, -0.2) is 0 Å². The SMILES string of the molecule is CC(C)(C)C(=O)N1CC(=O)N2CC(C)(C)c3ccccc3C2C1. The zero-order valence-electron chi connectivity index (χ0n) is 14.7. The lowest BCUT2D eigenvalue weighted by molar-refractivity contribution is -0.154. The highest BCUT2D eigenvalue weighted by molar-refractivity contribution is 5.89. The van der Waals surface area contributed by atoms with E-state index < -0.39 is 5.41 Å². The van der Waals surface area contributed by atoms with Crippen LogP contribution in [0.1, 0.15) is 51.8 Å². The fourth-order valence-corrected chi connectivity index (χ4v) is 3.81. The van der Waals surface area contributed by atoms with Crippen molar-refractivity contribution in [3.05, 3.63) is 35.4 Å². The van der Waals surface area contributed by atoms with E-state index in [9.17, 15) is 9.59 Å². The molecule has 0 radical (unpaired) electrons. The van der Waals surface area contributed by atoms with Crippen LogP contribution in [-0.2, 0) is 15.0 Å². The van der Waals surface area contributed by atoms with E-state index in [2.05, 4.69) is 32.0 Å². The molecule has 3 rings (SSSR count). The zero-order valence-corrected chi connectivity index (χ0v) is 14.7. The van der Waals surface area contributed by atoms with Gasteiger partial charge in [0, 0.05) is 23.9 Å². The Morgan fingerprint density at radius 1 is 1.22 bits per heavy atom. The van der Waals surface area contributed by atoms with Crippen molar-refractivity contribution in [1.82, 2.24) is 9.80 Å². The van der Waals surface area contributed by atoms with Crippen molar-refractivity contribution in [3.8, 4) is 0 Å². The van der Waals surface area contributed by atoms with E-state index in [1.54, 1.807) is 4.90 Å². The van der Waals surface area contributed by atoms with Crippen LogP contribution in [0.15, 0.2) is 24.3 Å². The van der Waals surface area contributed by atoms with Crippen LogP contribution in [0.2, 0.25) is 0 Å². The molecule has 0 bridgehead atoms. The Kier molecular flexibility index (Phi) is 3.54. The highest BCUT2D eigenvalue weighted by Crippen LogP contribution is 2.41. The monoisotopic (exact) mass is 314 g/mol. The Hall–Kier alpha value is -1.84. The molecule has 23 heavy (non-hydrogen) atoms. The molecular formula is C19H26N2O2. The normalized spacial score (nSPS) is 23.3. The second-order valence-electron chi connectivity index (χ2n) is 8.44. The van der Waals surface area contributed by atoms with Gasteiger partial charge in [0.15, 0.2) is 0 Å². The molecule has 0 spiro atoms. The van der Waals surface area contributed by atoms with Gasteiger partial charge < -0.3 is 9.80 Å². The summed E-state index contributed by atoms with van der Waals surface area (Å²) >= 11 is 0. The number of hydrogen-bond donors (Lipinski definition) is 0.